The van der Waals surface area contributed by atoms with Crippen molar-refractivity contribution in [3.63, 3.8) is 0 Å². The van der Waals surface area contributed by atoms with Crippen LogP contribution in [0, 0.1) is 6.92 Å². The minimum atomic E-state index is -0.487. The average molecular weight is 361 g/mol. The summed E-state index contributed by atoms with van der Waals surface area (Å²) in [5.41, 5.74) is 2.82. The molecule has 5 nitrogen and oxygen atoms in total. The summed E-state index contributed by atoms with van der Waals surface area (Å²) >= 11 is 0. The van der Waals surface area contributed by atoms with E-state index in [9.17, 15) is 4.79 Å². The third kappa shape index (κ3) is 3.77. The van der Waals surface area contributed by atoms with Gasteiger partial charge in [-0.05, 0) is 29.5 Å². The van der Waals surface area contributed by atoms with E-state index in [2.05, 4.69) is 39.7 Å². The van der Waals surface area contributed by atoms with E-state index in [1.807, 2.05) is 30.3 Å². The molecule has 1 N–H and O–H groups in total. The maximum Gasteiger partial charge on any atom is 0.225 e. The Morgan fingerprint density at radius 1 is 1.04 bits per heavy atom. The first kappa shape index (κ1) is 17.5. The molecule has 138 valence electrons. The number of nitrogens with one attached hydrogen (secondary N) is 1. The lowest BCUT2D eigenvalue weighted by Gasteiger charge is -2.26. The molecule has 3 aromatic rings. The van der Waals surface area contributed by atoms with Crippen LogP contribution in [-0.4, -0.2) is 16.0 Å². The highest BCUT2D eigenvalue weighted by Gasteiger charge is 2.41. The molecule has 4 rings (SSSR count). The second-order valence-corrected chi connectivity index (χ2v) is 7.21. The highest BCUT2D eigenvalue weighted by molar-refractivity contribution is 5.79. The number of rotatable bonds is 5. The average Bonchev–Trinajstić information content (AvgIpc) is 3.33. The molecule has 0 unspecified atom stereocenters. The second-order valence-electron chi connectivity index (χ2n) is 7.21. The molecule has 0 bridgehead atoms. The number of aromatic nitrogens is 2. The summed E-state index contributed by atoms with van der Waals surface area (Å²) in [6.07, 6.45) is 4.16. The van der Waals surface area contributed by atoms with Gasteiger partial charge in [-0.1, -0.05) is 72.6 Å². The zero-order chi connectivity index (χ0) is 18.7. The van der Waals surface area contributed by atoms with Gasteiger partial charge in [0.1, 0.15) is 5.54 Å². The van der Waals surface area contributed by atoms with Gasteiger partial charge in [0, 0.05) is 6.92 Å². The Morgan fingerprint density at radius 3 is 2.33 bits per heavy atom. The van der Waals surface area contributed by atoms with Gasteiger partial charge in [-0.3, -0.25) is 4.79 Å². The fourth-order valence-corrected chi connectivity index (χ4v) is 3.82. The van der Waals surface area contributed by atoms with E-state index in [1.54, 1.807) is 6.92 Å². The lowest BCUT2D eigenvalue weighted by molar-refractivity contribution is -0.122. The third-order valence-electron chi connectivity index (χ3n) is 5.22. The molecule has 0 radical (unpaired) electrons. The number of carbonyl (C=O) groups is 1. The van der Waals surface area contributed by atoms with Crippen LogP contribution >= 0.6 is 0 Å². The van der Waals surface area contributed by atoms with Crippen molar-refractivity contribution in [1.29, 1.82) is 0 Å². The maximum atomic E-state index is 12.7. The summed E-state index contributed by atoms with van der Waals surface area (Å²) in [6.45, 7) is 1.77. The molecule has 1 heterocycles. The molecule has 2 aromatic carbocycles. The molecule has 0 spiro atoms. The van der Waals surface area contributed by atoms with Gasteiger partial charge in [0.15, 0.2) is 5.82 Å². The Bertz CT molecular complexity index is 910. The van der Waals surface area contributed by atoms with Gasteiger partial charge in [0.05, 0.1) is 6.42 Å². The van der Waals surface area contributed by atoms with Crippen molar-refractivity contribution in [2.45, 2.75) is 44.6 Å². The molecule has 1 fully saturated rings. The molecule has 27 heavy (non-hydrogen) atoms. The van der Waals surface area contributed by atoms with Crippen molar-refractivity contribution in [3.05, 3.63) is 71.9 Å². The van der Waals surface area contributed by atoms with Crippen LogP contribution in [0.25, 0.3) is 11.1 Å². The van der Waals surface area contributed by atoms with Crippen molar-refractivity contribution >= 4 is 5.91 Å². The predicted molar refractivity (Wildman–Crippen MR) is 103 cm³/mol. The second kappa shape index (κ2) is 7.35. The van der Waals surface area contributed by atoms with Crippen molar-refractivity contribution in [1.82, 2.24) is 15.5 Å². The van der Waals surface area contributed by atoms with E-state index in [0.29, 0.717) is 18.1 Å². The lowest BCUT2D eigenvalue weighted by atomic mass is 9.95. The SMILES string of the molecule is Cc1nc(C2(NC(=O)Cc3ccc(-c4ccccc4)cc3)CCCC2)no1. The minimum absolute atomic E-state index is 0.00758. The van der Waals surface area contributed by atoms with E-state index in [-0.39, 0.29) is 5.91 Å². The Labute approximate surface area is 158 Å². The molecule has 0 atom stereocenters. The standard InChI is InChI=1S/C22H23N3O2/c1-16-23-21(25-27-16)22(13-5-6-14-22)24-20(26)15-17-9-11-19(12-10-17)18-7-3-2-4-8-18/h2-4,7-12H,5-6,13-15H2,1H3,(H,24,26). The minimum Gasteiger partial charge on any atom is -0.343 e. The zero-order valence-electron chi connectivity index (χ0n) is 15.4. The van der Waals surface area contributed by atoms with E-state index >= 15 is 0 Å². The molecule has 1 aliphatic carbocycles. The quantitative estimate of drug-likeness (QED) is 0.740. The number of hydrogen-bond donors (Lipinski definition) is 1. The molecule has 0 aliphatic heterocycles. The van der Waals surface area contributed by atoms with Crippen LogP contribution < -0.4 is 5.32 Å². The van der Waals surface area contributed by atoms with Gasteiger partial charge in [0.2, 0.25) is 11.8 Å². The molecular weight excluding hydrogens is 338 g/mol. The van der Waals surface area contributed by atoms with Crippen LogP contribution in [0.4, 0.5) is 0 Å². The van der Waals surface area contributed by atoms with Gasteiger partial charge < -0.3 is 9.84 Å². The predicted octanol–water partition coefficient (Wildman–Crippen LogP) is 4.17. The molecular formula is C22H23N3O2. The number of amides is 1. The fourth-order valence-electron chi connectivity index (χ4n) is 3.82. The molecule has 1 saturated carbocycles. The Hall–Kier alpha value is -2.95. The highest BCUT2D eigenvalue weighted by Crippen LogP contribution is 2.37. The monoisotopic (exact) mass is 361 g/mol. The Morgan fingerprint density at radius 2 is 1.70 bits per heavy atom. The zero-order valence-corrected chi connectivity index (χ0v) is 15.4. The first-order valence-electron chi connectivity index (χ1n) is 9.41. The normalized spacial score (nSPS) is 15.6. The highest BCUT2D eigenvalue weighted by atomic mass is 16.5. The van der Waals surface area contributed by atoms with Crippen molar-refractivity contribution in [2.75, 3.05) is 0 Å². The van der Waals surface area contributed by atoms with Crippen molar-refractivity contribution in [2.24, 2.45) is 0 Å². The largest absolute Gasteiger partial charge is 0.343 e. The Kier molecular flexibility index (Phi) is 4.75. The summed E-state index contributed by atoms with van der Waals surface area (Å²) in [5, 5.41) is 7.27. The van der Waals surface area contributed by atoms with E-state index in [0.717, 1.165) is 36.8 Å². The topological polar surface area (TPSA) is 68.0 Å². The van der Waals surface area contributed by atoms with Crippen LogP contribution in [-0.2, 0) is 16.8 Å². The number of hydrogen-bond acceptors (Lipinski definition) is 4. The van der Waals surface area contributed by atoms with Crippen LogP contribution in [0.3, 0.4) is 0 Å². The smallest absolute Gasteiger partial charge is 0.225 e. The summed E-state index contributed by atoms with van der Waals surface area (Å²) < 4.78 is 5.14. The van der Waals surface area contributed by atoms with Gasteiger partial charge in [-0.2, -0.15) is 4.98 Å². The molecule has 5 heteroatoms. The van der Waals surface area contributed by atoms with Crippen molar-refractivity contribution < 1.29 is 9.32 Å². The maximum absolute atomic E-state index is 12.7. The summed E-state index contributed by atoms with van der Waals surface area (Å²) in [7, 11) is 0. The van der Waals surface area contributed by atoms with Crippen LogP contribution in [0.5, 0.6) is 0 Å². The van der Waals surface area contributed by atoms with Crippen LogP contribution in [0.1, 0.15) is 43.0 Å². The summed E-state index contributed by atoms with van der Waals surface area (Å²) in [4.78, 5) is 17.1. The number of nitrogens with zero attached hydrogens (tertiary/aromatic N) is 2. The molecule has 1 amide bonds. The van der Waals surface area contributed by atoms with Crippen molar-refractivity contribution in [3.8, 4) is 11.1 Å². The molecule has 1 aromatic heterocycles. The van der Waals surface area contributed by atoms with E-state index < -0.39 is 5.54 Å². The summed E-state index contributed by atoms with van der Waals surface area (Å²) in [6, 6.07) is 18.4. The summed E-state index contributed by atoms with van der Waals surface area (Å²) in [5.74, 6) is 1.12. The third-order valence-corrected chi connectivity index (χ3v) is 5.22. The number of benzene rings is 2. The fraction of sp³-hybridized carbons (Fsp3) is 0.318. The van der Waals surface area contributed by atoms with Gasteiger partial charge in [-0.15, -0.1) is 0 Å². The van der Waals surface area contributed by atoms with Gasteiger partial charge in [0.25, 0.3) is 0 Å². The molecule has 1 aliphatic rings. The van der Waals surface area contributed by atoms with E-state index in [4.69, 9.17) is 4.52 Å². The Balaban J connectivity index is 1.45. The molecule has 0 saturated heterocycles. The first-order valence-corrected chi connectivity index (χ1v) is 9.41. The van der Waals surface area contributed by atoms with Crippen LogP contribution in [0.2, 0.25) is 0 Å². The van der Waals surface area contributed by atoms with E-state index in [1.165, 1.54) is 5.56 Å². The van der Waals surface area contributed by atoms with Gasteiger partial charge in [-0.25, -0.2) is 0 Å². The number of carbonyl (C=O) groups excluding carboxylic acids is 1. The number of aryl methyl sites for hydroxylation is 1. The lowest BCUT2D eigenvalue weighted by Crippen LogP contribution is -2.45. The van der Waals surface area contributed by atoms with Crippen LogP contribution in [0.15, 0.2) is 59.1 Å². The first-order chi connectivity index (χ1) is 13.1. The van der Waals surface area contributed by atoms with Gasteiger partial charge >= 0.3 is 0 Å².